The number of amides is 2. The van der Waals surface area contributed by atoms with Gasteiger partial charge in [-0.2, -0.15) is 0 Å². The van der Waals surface area contributed by atoms with Gasteiger partial charge < -0.3 is 25.4 Å². The van der Waals surface area contributed by atoms with E-state index in [1.54, 1.807) is 24.3 Å². The van der Waals surface area contributed by atoms with Gasteiger partial charge in [-0.05, 0) is 55.3 Å². The number of aromatic nitrogens is 1. The average molecular weight is 464 g/mol. The summed E-state index contributed by atoms with van der Waals surface area (Å²) in [6.07, 6.45) is 2.17. The van der Waals surface area contributed by atoms with E-state index in [4.69, 9.17) is 15.2 Å². The summed E-state index contributed by atoms with van der Waals surface area (Å²) in [7, 11) is 0. The molecule has 2 amide bonds. The van der Waals surface area contributed by atoms with Crippen molar-refractivity contribution in [2.24, 2.45) is 5.73 Å². The van der Waals surface area contributed by atoms with Crippen molar-refractivity contribution >= 4 is 23.3 Å². The van der Waals surface area contributed by atoms with Crippen molar-refractivity contribution in [2.75, 3.05) is 25.1 Å². The molecule has 1 unspecified atom stereocenters. The van der Waals surface area contributed by atoms with Crippen molar-refractivity contribution in [2.45, 2.75) is 19.4 Å². The number of primary amides is 1. The van der Waals surface area contributed by atoms with Crippen molar-refractivity contribution in [3.63, 3.8) is 0 Å². The number of nitrogens with one attached hydrogen (secondary N) is 1. The van der Waals surface area contributed by atoms with Crippen LogP contribution in [0, 0.1) is 5.82 Å². The maximum Gasteiger partial charge on any atom is 0.252 e. The number of hydrogen-bond donors (Lipinski definition) is 2. The van der Waals surface area contributed by atoms with Gasteiger partial charge in [0.05, 0.1) is 18.2 Å². The van der Waals surface area contributed by atoms with E-state index in [1.165, 1.54) is 24.4 Å². The van der Waals surface area contributed by atoms with Crippen LogP contribution >= 0.6 is 0 Å². The first-order valence-electron chi connectivity index (χ1n) is 10.9. The molecule has 3 N–H and O–H groups in total. The highest BCUT2D eigenvalue weighted by Crippen LogP contribution is 2.29. The highest BCUT2D eigenvalue weighted by atomic mass is 19.1. The third kappa shape index (κ3) is 5.32. The van der Waals surface area contributed by atoms with Gasteiger partial charge in [-0.25, -0.2) is 9.37 Å². The Morgan fingerprint density at radius 2 is 2.06 bits per heavy atom. The van der Waals surface area contributed by atoms with Crippen molar-refractivity contribution in [3.8, 4) is 11.5 Å². The number of rotatable bonds is 8. The second kappa shape index (κ2) is 10.3. The molecule has 1 saturated heterocycles. The normalized spacial score (nSPS) is 15.8. The summed E-state index contributed by atoms with van der Waals surface area (Å²) in [5, 5.41) is 2.90. The fourth-order valence-corrected chi connectivity index (χ4v) is 3.86. The monoisotopic (exact) mass is 464 g/mol. The van der Waals surface area contributed by atoms with Crippen LogP contribution in [0.3, 0.4) is 0 Å². The SMILES string of the molecule is CCN1C(=O)COCC1Cc1ccc(Oc2ccc(Nc3ncccc3C(N)=O)cc2F)cc1. The van der Waals surface area contributed by atoms with Gasteiger partial charge in [-0.15, -0.1) is 0 Å². The second-order valence-electron chi connectivity index (χ2n) is 7.83. The molecule has 1 aliphatic rings. The molecule has 1 atom stereocenters. The summed E-state index contributed by atoms with van der Waals surface area (Å²) in [6.45, 7) is 3.23. The molecular weight excluding hydrogens is 439 g/mol. The number of pyridine rings is 1. The van der Waals surface area contributed by atoms with E-state index in [0.717, 1.165) is 5.56 Å². The van der Waals surface area contributed by atoms with Crippen LogP contribution in [0.5, 0.6) is 11.5 Å². The van der Waals surface area contributed by atoms with Crippen LogP contribution in [0.25, 0.3) is 0 Å². The molecule has 1 fully saturated rings. The van der Waals surface area contributed by atoms with E-state index in [9.17, 15) is 14.0 Å². The summed E-state index contributed by atoms with van der Waals surface area (Å²) in [6, 6.07) is 14.8. The Balaban J connectivity index is 1.41. The van der Waals surface area contributed by atoms with Gasteiger partial charge in [0, 0.05) is 24.5 Å². The van der Waals surface area contributed by atoms with E-state index in [2.05, 4.69) is 10.3 Å². The summed E-state index contributed by atoms with van der Waals surface area (Å²) in [5.41, 5.74) is 6.98. The molecule has 0 bridgehead atoms. The largest absolute Gasteiger partial charge is 0.454 e. The van der Waals surface area contributed by atoms with Crippen LogP contribution in [0.2, 0.25) is 0 Å². The van der Waals surface area contributed by atoms with Crippen molar-refractivity contribution in [1.29, 1.82) is 0 Å². The van der Waals surface area contributed by atoms with Crippen LogP contribution in [0.1, 0.15) is 22.8 Å². The predicted molar refractivity (Wildman–Crippen MR) is 125 cm³/mol. The Bertz CT molecular complexity index is 1190. The van der Waals surface area contributed by atoms with Gasteiger partial charge in [0.2, 0.25) is 5.91 Å². The van der Waals surface area contributed by atoms with Crippen LogP contribution in [-0.4, -0.2) is 47.5 Å². The summed E-state index contributed by atoms with van der Waals surface area (Å²) in [4.78, 5) is 29.5. The molecule has 0 radical (unpaired) electrons. The zero-order valence-corrected chi connectivity index (χ0v) is 18.7. The number of benzene rings is 2. The molecule has 8 nitrogen and oxygen atoms in total. The number of nitrogens with two attached hydrogens (primary N) is 1. The Hall–Kier alpha value is -3.98. The summed E-state index contributed by atoms with van der Waals surface area (Å²) < 4.78 is 25.8. The standard InChI is InChI=1S/C25H25FN4O4/c1-2-30-18(14-33-15-23(30)31)12-16-5-8-19(9-6-16)34-22-10-7-17(13-21(22)26)29-25-20(24(27)32)4-3-11-28-25/h3-11,13,18H,2,12,14-15H2,1H3,(H2,27,32)(H,28,29). The molecule has 2 aromatic carbocycles. The predicted octanol–water partition coefficient (Wildman–Crippen LogP) is 3.65. The first-order chi connectivity index (χ1) is 16.4. The topological polar surface area (TPSA) is 107 Å². The minimum atomic E-state index is -0.635. The lowest BCUT2D eigenvalue weighted by Crippen LogP contribution is -2.50. The molecule has 0 aliphatic carbocycles. The van der Waals surface area contributed by atoms with Crippen molar-refractivity contribution in [1.82, 2.24) is 9.88 Å². The molecule has 1 aliphatic heterocycles. The summed E-state index contributed by atoms with van der Waals surface area (Å²) >= 11 is 0. The maximum atomic E-state index is 14.7. The van der Waals surface area contributed by atoms with Crippen molar-refractivity contribution < 1.29 is 23.5 Å². The number of anilines is 2. The molecule has 0 saturated carbocycles. The molecule has 0 spiro atoms. The minimum Gasteiger partial charge on any atom is -0.454 e. The van der Waals surface area contributed by atoms with Gasteiger partial charge in [0.25, 0.3) is 5.91 Å². The number of likely N-dealkylation sites (N-methyl/N-ethyl adjacent to an activating group) is 1. The Kier molecular flexibility index (Phi) is 7.03. The van der Waals surface area contributed by atoms with Gasteiger partial charge >= 0.3 is 0 Å². The third-order valence-corrected chi connectivity index (χ3v) is 5.53. The number of nitrogens with zero attached hydrogens (tertiary/aromatic N) is 2. The van der Waals surface area contributed by atoms with Gasteiger partial charge in [-0.3, -0.25) is 9.59 Å². The number of carbonyl (C=O) groups excluding carboxylic acids is 2. The molecule has 3 aromatic rings. The fraction of sp³-hybridized carbons (Fsp3) is 0.240. The molecule has 4 rings (SSSR count). The van der Waals surface area contributed by atoms with Crippen molar-refractivity contribution in [3.05, 3.63) is 77.7 Å². The highest BCUT2D eigenvalue weighted by Gasteiger charge is 2.27. The first kappa shape index (κ1) is 23.2. The Labute approximate surface area is 196 Å². The zero-order chi connectivity index (χ0) is 24.1. The lowest BCUT2D eigenvalue weighted by molar-refractivity contribution is -0.147. The molecule has 176 valence electrons. The van der Waals surface area contributed by atoms with Gasteiger partial charge in [0.15, 0.2) is 11.6 Å². The molecule has 34 heavy (non-hydrogen) atoms. The van der Waals surface area contributed by atoms with Crippen LogP contribution in [-0.2, 0) is 16.0 Å². The number of ether oxygens (including phenoxy) is 2. The van der Waals surface area contributed by atoms with Gasteiger partial charge in [0.1, 0.15) is 18.2 Å². The fourth-order valence-electron chi connectivity index (χ4n) is 3.86. The van der Waals surface area contributed by atoms with E-state index in [1.807, 2.05) is 24.0 Å². The Morgan fingerprint density at radius 3 is 2.76 bits per heavy atom. The smallest absolute Gasteiger partial charge is 0.252 e. The minimum absolute atomic E-state index is 0.000937. The van der Waals surface area contributed by atoms with Crippen LogP contribution in [0.15, 0.2) is 60.8 Å². The lowest BCUT2D eigenvalue weighted by atomic mass is 10.0. The Morgan fingerprint density at radius 1 is 1.26 bits per heavy atom. The number of hydrogen-bond acceptors (Lipinski definition) is 6. The quantitative estimate of drug-likeness (QED) is 0.527. The van der Waals surface area contributed by atoms with E-state index >= 15 is 0 Å². The molecule has 2 heterocycles. The van der Waals surface area contributed by atoms with Crippen LogP contribution < -0.4 is 15.8 Å². The molecular formula is C25H25FN4O4. The highest BCUT2D eigenvalue weighted by molar-refractivity contribution is 5.98. The third-order valence-electron chi connectivity index (χ3n) is 5.53. The first-order valence-corrected chi connectivity index (χ1v) is 10.9. The zero-order valence-electron chi connectivity index (χ0n) is 18.7. The average Bonchev–Trinajstić information content (AvgIpc) is 2.82. The van der Waals surface area contributed by atoms with E-state index < -0.39 is 11.7 Å². The molecule has 9 heteroatoms. The lowest BCUT2D eigenvalue weighted by Gasteiger charge is -2.34. The van der Waals surface area contributed by atoms with E-state index in [0.29, 0.717) is 31.0 Å². The van der Waals surface area contributed by atoms with Crippen LogP contribution in [0.4, 0.5) is 15.9 Å². The number of halogens is 1. The number of carbonyl (C=O) groups is 2. The molecule has 1 aromatic heterocycles. The van der Waals surface area contributed by atoms with Gasteiger partial charge in [-0.1, -0.05) is 12.1 Å². The number of morpholine rings is 1. The van der Waals surface area contributed by atoms with E-state index in [-0.39, 0.29) is 35.7 Å². The summed E-state index contributed by atoms with van der Waals surface area (Å²) in [5.74, 6) is -0.441. The second-order valence-corrected chi connectivity index (χ2v) is 7.83. The maximum absolute atomic E-state index is 14.7.